The van der Waals surface area contributed by atoms with E-state index >= 15 is 0 Å². The monoisotopic (exact) mass is 618 g/mol. The van der Waals surface area contributed by atoms with Crippen molar-refractivity contribution in [3.63, 3.8) is 0 Å². The maximum Gasteiger partial charge on any atom is 0.562 e. The molecule has 2 amide bonds. The van der Waals surface area contributed by atoms with E-state index in [1.165, 1.54) is 12.1 Å². The summed E-state index contributed by atoms with van der Waals surface area (Å²) in [5, 5.41) is 18.8. The van der Waals surface area contributed by atoms with Crippen molar-refractivity contribution >= 4 is 34.6 Å². The largest absolute Gasteiger partial charge is 0.562 e. The third kappa shape index (κ3) is 6.98. The number of furan rings is 2. The van der Waals surface area contributed by atoms with Gasteiger partial charge in [-0.25, -0.2) is 0 Å². The molecule has 2 aliphatic rings. The molecule has 0 fully saturated rings. The number of amides is 2. The summed E-state index contributed by atoms with van der Waals surface area (Å²) in [4.78, 5) is 38.3. The first-order valence-electron chi connectivity index (χ1n) is 16.1. The fourth-order valence-electron chi connectivity index (χ4n) is 5.89. The van der Waals surface area contributed by atoms with Gasteiger partial charge in [0.05, 0.1) is 11.1 Å². The lowest BCUT2D eigenvalue weighted by molar-refractivity contribution is -0.123. The highest BCUT2D eigenvalue weighted by molar-refractivity contribution is 6.30. The van der Waals surface area contributed by atoms with E-state index < -0.39 is 0 Å². The van der Waals surface area contributed by atoms with Gasteiger partial charge in [-0.2, -0.15) is 20.2 Å². The Morgan fingerprint density at radius 2 is 1.09 bits per heavy atom. The topological polar surface area (TPSA) is 123 Å². The van der Waals surface area contributed by atoms with E-state index in [4.69, 9.17) is 22.0 Å². The molecule has 0 N–H and O–H groups in total. The van der Waals surface area contributed by atoms with Crippen LogP contribution >= 0.6 is 0 Å². The Morgan fingerprint density at radius 3 is 1.52 bits per heavy atom. The zero-order chi connectivity index (χ0) is 33.1. The minimum absolute atomic E-state index is 0.0594. The second kappa shape index (κ2) is 16.1. The fraction of sp³-hybridized carbons (Fsp3) is 0.444. The molecular formula is C36H38N6O4. The second-order valence-electron chi connectivity index (χ2n) is 11.4. The van der Waals surface area contributed by atoms with Crippen LogP contribution in [-0.4, -0.2) is 34.7 Å². The molecule has 0 radical (unpaired) electrons. The Bertz CT molecular complexity index is 1760. The number of carbonyl (C=O) groups is 2. The van der Waals surface area contributed by atoms with Crippen LogP contribution in [0.2, 0.25) is 0 Å². The van der Waals surface area contributed by atoms with Crippen LogP contribution in [0.4, 0.5) is 0 Å². The smallest absolute Gasteiger partial charge is 0.458 e. The first kappa shape index (κ1) is 33.6. The summed E-state index contributed by atoms with van der Waals surface area (Å²) in [5.74, 6) is -0.979. The summed E-state index contributed by atoms with van der Waals surface area (Å²) in [7, 11) is 0. The van der Waals surface area contributed by atoms with E-state index in [0.29, 0.717) is 37.3 Å². The average Bonchev–Trinajstić information content (AvgIpc) is 3.84. The van der Waals surface area contributed by atoms with E-state index in [9.17, 15) is 20.1 Å². The van der Waals surface area contributed by atoms with Gasteiger partial charge >= 0.3 is 5.82 Å². The number of rotatable bonds is 14. The van der Waals surface area contributed by atoms with E-state index in [1.807, 2.05) is 12.1 Å². The number of hydrogen-bond acceptors (Lipinski definition) is 6. The van der Waals surface area contributed by atoms with Gasteiger partial charge < -0.3 is 18.6 Å². The molecule has 2 aliphatic heterocycles. The molecule has 0 spiro atoms. The molecule has 46 heavy (non-hydrogen) atoms. The molecule has 236 valence electrons. The molecule has 10 heteroatoms. The van der Waals surface area contributed by atoms with Gasteiger partial charge in [0.25, 0.3) is 11.8 Å². The number of hydrogen-bond donors (Lipinski definition) is 0. The van der Waals surface area contributed by atoms with Gasteiger partial charge in [-0.05, 0) is 37.1 Å². The molecule has 0 aromatic carbocycles. The standard InChI is InChI=1S/C36H38N6O4/c1-5-7-9-11-13-15-21-41-32(27-18-17-26(45-27)25(23-37)24-38)30-31(36(41)44)33(28-19-20-29(46-28)34(39-3)40-4)42(35(30)43)22-16-14-12-10-8-6-2/h17-20H,5-16,21-22H2,1-2H3/b32-27+,33-28+. The van der Waals surface area contributed by atoms with Crippen LogP contribution in [0.25, 0.3) is 32.5 Å². The third-order valence-electron chi connectivity index (χ3n) is 8.23. The van der Waals surface area contributed by atoms with E-state index in [0.717, 1.165) is 64.2 Å². The van der Waals surface area contributed by atoms with Crippen molar-refractivity contribution < 1.29 is 18.4 Å². The highest BCUT2D eigenvalue weighted by atomic mass is 16.3. The summed E-state index contributed by atoms with van der Waals surface area (Å²) >= 11 is 0. The molecule has 0 aliphatic carbocycles. The van der Waals surface area contributed by atoms with Crippen LogP contribution < -0.4 is 21.7 Å². The van der Waals surface area contributed by atoms with Crippen molar-refractivity contribution in [2.75, 3.05) is 13.1 Å². The fourth-order valence-corrected chi connectivity index (χ4v) is 5.89. The SMILES string of the molecule is [C-]#[N+]C([N+]#[C-])=c1cc/c(=C2C3=C(C(=O)N/2CCCCCCCC)/C(=c2/ccc(=C(C#N)C#N)o2)N(CCCCCCCC)C3=O)o1. The number of nitriles is 2. The Kier molecular flexibility index (Phi) is 11.8. The molecule has 10 nitrogen and oxygen atoms in total. The summed E-state index contributed by atoms with van der Waals surface area (Å²) < 4.78 is 11.9. The summed E-state index contributed by atoms with van der Waals surface area (Å²) in [6.45, 7) is 19.7. The van der Waals surface area contributed by atoms with Crippen LogP contribution in [0, 0.1) is 35.8 Å². The first-order valence-corrected chi connectivity index (χ1v) is 16.1. The maximum absolute atomic E-state index is 14.3. The number of unbranched alkanes of at least 4 members (excludes halogenated alkanes) is 10. The normalized spacial score (nSPS) is 16.3. The predicted molar refractivity (Wildman–Crippen MR) is 171 cm³/mol. The van der Waals surface area contributed by atoms with Crippen molar-refractivity contribution in [1.82, 2.24) is 9.80 Å². The highest BCUT2D eigenvalue weighted by Gasteiger charge is 2.49. The van der Waals surface area contributed by atoms with Gasteiger partial charge in [-0.1, -0.05) is 78.1 Å². The van der Waals surface area contributed by atoms with Crippen LogP contribution in [0.1, 0.15) is 90.9 Å². The summed E-state index contributed by atoms with van der Waals surface area (Å²) in [6.07, 6.45) is 12.1. The van der Waals surface area contributed by atoms with Gasteiger partial charge in [0.15, 0.2) is 21.8 Å². The molecule has 0 bridgehead atoms. The van der Waals surface area contributed by atoms with Crippen LogP contribution in [-0.2, 0) is 9.59 Å². The van der Waals surface area contributed by atoms with Crippen LogP contribution in [0.5, 0.6) is 0 Å². The lowest BCUT2D eigenvalue weighted by Crippen LogP contribution is -2.37. The van der Waals surface area contributed by atoms with Crippen molar-refractivity contribution in [3.8, 4) is 12.1 Å². The van der Waals surface area contributed by atoms with Crippen molar-refractivity contribution in [1.29, 1.82) is 10.5 Å². The number of nitrogens with zero attached hydrogens (tertiary/aromatic N) is 6. The Balaban J connectivity index is 1.88. The lowest BCUT2D eigenvalue weighted by Gasteiger charge is -2.25. The quantitative estimate of drug-likeness (QED) is 0.225. The highest BCUT2D eigenvalue weighted by Crippen LogP contribution is 2.42. The van der Waals surface area contributed by atoms with Gasteiger partial charge in [0.1, 0.15) is 36.7 Å². The van der Waals surface area contributed by atoms with Gasteiger partial charge in [0, 0.05) is 13.1 Å². The second-order valence-corrected chi connectivity index (χ2v) is 11.4. The van der Waals surface area contributed by atoms with Crippen LogP contribution in [0.15, 0.2) is 44.2 Å². The molecule has 0 saturated heterocycles. The Morgan fingerprint density at radius 1 is 0.674 bits per heavy atom. The van der Waals surface area contributed by atoms with Gasteiger partial charge in [0.2, 0.25) is 5.42 Å². The lowest BCUT2D eigenvalue weighted by atomic mass is 10.1. The zero-order valence-corrected chi connectivity index (χ0v) is 26.5. The predicted octanol–water partition coefficient (Wildman–Crippen LogP) is 4.59. The third-order valence-corrected chi connectivity index (χ3v) is 8.23. The first-order chi connectivity index (χ1) is 22.4. The summed E-state index contributed by atoms with van der Waals surface area (Å²) in [5.41, 5.74) is 1.36. The molecule has 2 aromatic rings. The Labute approximate surface area is 269 Å². The molecular weight excluding hydrogens is 580 g/mol. The maximum atomic E-state index is 14.3. The minimum atomic E-state index is -0.368. The zero-order valence-electron chi connectivity index (χ0n) is 26.5. The van der Waals surface area contributed by atoms with Crippen molar-refractivity contribution in [3.05, 3.63) is 79.9 Å². The van der Waals surface area contributed by atoms with E-state index in [-0.39, 0.29) is 56.0 Å². The molecule has 4 rings (SSSR count). The number of carbonyl (C=O) groups excluding carboxylic acids is 2. The van der Waals surface area contributed by atoms with Gasteiger partial charge in [-0.3, -0.25) is 9.59 Å². The molecule has 0 atom stereocenters. The molecule has 4 heterocycles. The molecule has 0 saturated carbocycles. The van der Waals surface area contributed by atoms with E-state index in [2.05, 4.69) is 23.5 Å². The van der Waals surface area contributed by atoms with Gasteiger partial charge in [-0.15, -0.1) is 0 Å². The Hall–Kier alpha value is -5.32. The van der Waals surface area contributed by atoms with Crippen molar-refractivity contribution in [2.24, 2.45) is 0 Å². The minimum Gasteiger partial charge on any atom is -0.458 e. The average molecular weight is 619 g/mol. The van der Waals surface area contributed by atoms with Crippen LogP contribution in [0.3, 0.4) is 0 Å². The molecule has 0 unspecified atom stereocenters. The molecule has 2 aromatic heterocycles. The summed E-state index contributed by atoms with van der Waals surface area (Å²) in [6, 6.07) is 9.84. The van der Waals surface area contributed by atoms with E-state index in [1.54, 1.807) is 21.9 Å². The van der Waals surface area contributed by atoms with Crippen molar-refractivity contribution in [2.45, 2.75) is 90.9 Å².